The molecule has 3 aliphatic heterocycles. The molecule has 0 aliphatic carbocycles. The van der Waals surface area contributed by atoms with Crippen LogP contribution in [0.4, 0.5) is 5.82 Å². The summed E-state index contributed by atoms with van der Waals surface area (Å²) in [4.78, 5) is 30.9. The van der Waals surface area contributed by atoms with E-state index < -0.39 is 0 Å². The number of amides is 1. The number of thiocarbonyl (C=S) groups is 1. The summed E-state index contributed by atoms with van der Waals surface area (Å²) in [7, 11) is 0. The smallest absolute Gasteiger partial charge is 0.270 e. The summed E-state index contributed by atoms with van der Waals surface area (Å²) < 4.78 is 13.0. The number of benzene rings is 1. The van der Waals surface area contributed by atoms with Crippen molar-refractivity contribution in [2.45, 2.75) is 46.2 Å². The van der Waals surface area contributed by atoms with Crippen molar-refractivity contribution in [3.05, 3.63) is 55.7 Å². The lowest BCUT2D eigenvalue weighted by Crippen LogP contribution is -2.37. The Morgan fingerprint density at radius 1 is 1.17 bits per heavy atom. The van der Waals surface area contributed by atoms with Crippen LogP contribution in [0.2, 0.25) is 0 Å². The fourth-order valence-electron chi connectivity index (χ4n) is 4.87. The van der Waals surface area contributed by atoms with Crippen molar-refractivity contribution in [2.75, 3.05) is 24.8 Å². The highest BCUT2D eigenvalue weighted by molar-refractivity contribution is 8.26. The van der Waals surface area contributed by atoms with E-state index in [9.17, 15) is 14.9 Å². The van der Waals surface area contributed by atoms with E-state index in [1.165, 1.54) is 11.8 Å². The average molecular weight is 523 g/mol. The van der Waals surface area contributed by atoms with Crippen LogP contribution in [0.3, 0.4) is 0 Å². The van der Waals surface area contributed by atoms with Crippen LogP contribution < -0.4 is 19.9 Å². The van der Waals surface area contributed by atoms with Gasteiger partial charge in [0.25, 0.3) is 11.5 Å². The van der Waals surface area contributed by atoms with Gasteiger partial charge in [-0.2, -0.15) is 5.26 Å². The third-order valence-electron chi connectivity index (χ3n) is 6.74. The molecule has 2 aromatic rings. The molecular weight excluding hydrogens is 496 g/mol. The molecule has 36 heavy (non-hydrogen) atoms. The number of ether oxygens (including phenoxy) is 2. The highest BCUT2D eigenvalue weighted by atomic mass is 32.2. The lowest BCUT2D eigenvalue weighted by atomic mass is 10.0. The molecule has 0 saturated carbocycles. The molecule has 1 aromatic heterocycles. The average Bonchev–Trinajstić information content (AvgIpc) is 3.46. The zero-order valence-electron chi connectivity index (χ0n) is 20.2. The zero-order chi connectivity index (χ0) is 25.4. The van der Waals surface area contributed by atoms with Gasteiger partial charge in [-0.1, -0.05) is 30.0 Å². The predicted octanol–water partition coefficient (Wildman–Crippen LogP) is 4.17. The van der Waals surface area contributed by atoms with Crippen LogP contribution in [-0.2, 0) is 17.9 Å². The fraction of sp³-hybridized carbons (Fsp3) is 0.385. The highest BCUT2D eigenvalue weighted by Gasteiger charge is 2.34. The largest absolute Gasteiger partial charge is 0.454 e. The van der Waals surface area contributed by atoms with Gasteiger partial charge in [-0.05, 0) is 62.4 Å². The highest BCUT2D eigenvalue weighted by Crippen LogP contribution is 2.38. The lowest BCUT2D eigenvalue weighted by molar-refractivity contribution is -0.122. The number of thioether (sulfide) groups is 1. The minimum atomic E-state index is -0.286. The lowest BCUT2D eigenvalue weighted by Gasteiger charge is -2.33. The van der Waals surface area contributed by atoms with Gasteiger partial charge in [0.15, 0.2) is 11.5 Å². The summed E-state index contributed by atoms with van der Waals surface area (Å²) in [5.41, 5.74) is 2.03. The van der Waals surface area contributed by atoms with Gasteiger partial charge in [0, 0.05) is 25.2 Å². The van der Waals surface area contributed by atoms with E-state index in [0.717, 1.165) is 49.3 Å². The van der Waals surface area contributed by atoms with Gasteiger partial charge >= 0.3 is 0 Å². The molecule has 10 heteroatoms. The van der Waals surface area contributed by atoms with E-state index in [1.54, 1.807) is 16.4 Å². The van der Waals surface area contributed by atoms with Crippen molar-refractivity contribution in [1.29, 1.82) is 5.26 Å². The Morgan fingerprint density at radius 3 is 2.64 bits per heavy atom. The summed E-state index contributed by atoms with van der Waals surface area (Å²) in [5.74, 6) is 1.92. The first-order chi connectivity index (χ1) is 17.4. The number of rotatable bonds is 5. The maximum absolute atomic E-state index is 13.5. The Kier molecular flexibility index (Phi) is 6.77. The molecule has 0 bridgehead atoms. The molecule has 0 atom stereocenters. The minimum absolute atomic E-state index is 0.111. The Morgan fingerprint density at radius 2 is 1.92 bits per heavy atom. The van der Waals surface area contributed by atoms with Crippen molar-refractivity contribution in [3.8, 4) is 17.6 Å². The van der Waals surface area contributed by atoms with Crippen LogP contribution in [-0.4, -0.2) is 39.6 Å². The Hall–Kier alpha value is -3.29. The number of fused-ring (bicyclic) bond motifs is 1. The standard InChI is InChI=1S/C26H26N4O4S2/c1-3-29-23(28-9-5-4-6-10-28)18(16(2)19(13-27)24(29)31)12-22-25(32)30(26(35)36-22)14-17-7-8-20-21(11-17)34-15-33-20/h7-8,11-12H,3-6,9-10,14-15H2,1-2H3. The van der Waals surface area contributed by atoms with Crippen LogP contribution >= 0.6 is 24.0 Å². The monoisotopic (exact) mass is 522 g/mol. The number of piperidine rings is 1. The van der Waals surface area contributed by atoms with Crippen LogP contribution in [0, 0.1) is 18.3 Å². The van der Waals surface area contributed by atoms with Gasteiger partial charge in [0.05, 0.1) is 11.4 Å². The number of carbonyl (C=O) groups excluding carboxylic acids is 1. The molecule has 0 unspecified atom stereocenters. The Labute approximate surface area is 219 Å². The van der Waals surface area contributed by atoms with E-state index in [1.807, 2.05) is 31.2 Å². The van der Waals surface area contributed by atoms with Crippen molar-refractivity contribution < 1.29 is 14.3 Å². The second-order valence-electron chi connectivity index (χ2n) is 8.90. The molecule has 0 N–H and O–H groups in total. The maximum Gasteiger partial charge on any atom is 0.270 e. The van der Waals surface area contributed by atoms with E-state index in [2.05, 4.69) is 11.0 Å². The van der Waals surface area contributed by atoms with Gasteiger partial charge in [-0.15, -0.1) is 0 Å². The number of aromatic nitrogens is 1. The Bertz CT molecular complexity index is 1390. The van der Waals surface area contributed by atoms with Gasteiger partial charge in [-0.25, -0.2) is 0 Å². The summed E-state index contributed by atoms with van der Waals surface area (Å²) in [5, 5.41) is 9.75. The maximum atomic E-state index is 13.5. The first-order valence-electron chi connectivity index (χ1n) is 12.0. The first-order valence-corrected chi connectivity index (χ1v) is 13.2. The van der Waals surface area contributed by atoms with Crippen LogP contribution in [0.1, 0.15) is 48.4 Å². The number of pyridine rings is 1. The summed E-state index contributed by atoms with van der Waals surface area (Å²) in [6.45, 7) is 6.28. The second-order valence-corrected chi connectivity index (χ2v) is 10.6. The zero-order valence-corrected chi connectivity index (χ0v) is 21.8. The number of anilines is 1. The molecule has 1 aromatic carbocycles. The van der Waals surface area contributed by atoms with E-state index in [4.69, 9.17) is 21.7 Å². The molecular formula is C26H26N4O4S2. The first kappa shape index (κ1) is 24.4. The normalized spacial score (nSPS) is 18.3. The van der Waals surface area contributed by atoms with Gasteiger partial charge in [-0.3, -0.25) is 19.1 Å². The fourth-order valence-corrected chi connectivity index (χ4v) is 6.11. The number of nitriles is 1. The van der Waals surface area contributed by atoms with Gasteiger partial charge in [0.1, 0.15) is 21.8 Å². The van der Waals surface area contributed by atoms with Crippen LogP contribution in [0.25, 0.3) is 6.08 Å². The molecule has 1 amide bonds. The molecule has 2 saturated heterocycles. The molecule has 0 radical (unpaired) electrons. The Balaban J connectivity index is 1.54. The summed E-state index contributed by atoms with van der Waals surface area (Å²) in [6.07, 6.45) is 5.03. The van der Waals surface area contributed by atoms with Crippen LogP contribution in [0.5, 0.6) is 11.5 Å². The SMILES string of the molecule is CCn1c(N2CCCCC2)c(C=C2SC(=S)N(Cc3ccc4c(c3)OCO4)C2=O)c(C)c(C#N)c1=O. The number of carbonyl (C=O) groups is 1. The van der Waals surface area contributed by atoms with Crippen molar-refractivity contribution >= 4 is 46.1 Å². The van der Waals surface area contributed by atoms with Crippen molar-refractivity contribution in [2.24, 2.45) is 0 Å². The van der Waals surface area contributed by atoms with E-state index >= 15 is 0 Å². The summed E-state index contributed by atoms with van der Waals surface area (Å²) in [6, 6.07) is 7.67. The molecule has 2 fully saturated rings. The molecule has 3 aliphatic rings. The van der Waals surface area contributed by atoms with Crippen molar-refractivity contribution in [3.63, 3.8) is 0 Å². The molecule has 4 heterocycles. The van der Waals surface area contributed by atoms with Crippen molar-refractivity contribution in [1.82, 2.24) is 9.47 Å². The number of hydrogen-bond donors (Lipinski definition) is 0. The minimum Gasteiger partial charge on any atom is -0.454 e. The van der Waals surface area contributed by atoms with Gasteiger partial charge in [0.2, 0.25) is 6.79 Å². The van der Waals surface area contributed by atoms with E-state index in [-0.39, 0.29) is 23.8 Å². The number of nitrogens with zero attached hydrogens (tertiary/aromatic N) is 4. The third kappa shape index (κ3) is 4.27. The quantitative estimate of drug-likeness (QED) is 0.427. The third-order valence-corrected chi connectivity index (χ3v) is 8.12. The molecule has 5 rings (SSSR count). The molecule has 0 spiro atoms. The van der Waals surface area contributed by atoms with E-state index in [0.29, 0.717) is 39.4 Å². The second kappa shape index (κ2) is 9.99. The van der Waals surface area contributed by atoms with Crippen LogP contribution in [0.15, 0.2) is 27.9 Å². The topological polar surface area (TPSA) is 87.8 Å². The molecule has 186 valence electrons. The number of hydrogen-bond acceptors (Lipinski definition) is 8. The van der Waals surface area contributed by atoms with Gasteiger partial charge < -0.3 is 14.4 Å². The predicted molar refractivity (Wildman–Crippen MR) is 143 cm³/mol. The summed E-state index contributed by atoms with van der Waals surface area (Å²) >= 11 is 6.81. The molecule has 8 nitrogen and oxygen atoms in total.